The van der Waals surface area contributed by atoms with E-state index in [9.17, 15) is 9.59 Å². The lowest BCUT2D eigenvalue weighted by Gasteiger charge is -2.36. The Balaban J connectivity index is 1.94. The van der Waals surface area contributed by atoms with Crippen molar-refractivity contribution in [3.63, 3.8) is 0 Å². The molecule has 0 atom stereocenters. The Bertz CT molecular complexity index is 437. The first-order valence-corrected chi connectivity index (χ1v) is 5.35. The molecule has 17 heavy (non-hydrogen) atoms. The van der Waals surface area contributed by atoms with E-state index >= 15 is 0 Å². The highest BCUT2D eigenvalue weighted by Crippen LogP contribution is 2.17. The molecule has 7 nitrogen and oxygen atoms in total. The Kier molecular flexibility index (Phi) is 3.10. The monoisotopic (exact) mass is 238 g/mol. The quantitative estimate of drug-likeness (QED) is 0.700. The van der Waals surface area contributed by atoms with Crippen molar-refractivity contribution in [1.29, 1.82) is 0 Å². The van der Waals surface area contributed by atoms with Crippen molar-refractivity contribution >= 4 is 11.9 Å². The molecule has 0 aromatic carbocycles. The van der Waals surface area contributed by atoms with Crippen molar-refractivity contribution in [1.82, 2.24) is 14.5 Å². The third-order valence-corrected chi connectivity index (χ3v) is 2.76. The van der Waals surface area contributed by atoms with E-state index in [0.29, 0.717) is 18.8 Å². The van der Waals surface area contributed by atoms with E-state index < -0.39 is 11.9 Å². The van der Waals surface area contributed by atoms with Crippen molar-refractivity contribution in [2.75, 3.05) is 19.6 Å². The number of imidazole rings is 1. The summed E-state index contributed by atoms with van der Waals surface area (Å²) in [6.45, 7) is 1.61. The fourth-order valence-electron chi connectivity index (χ4n) is 1.70. The van der Waals surface area contributed by atoms with Gasteiger partial charge in [0.2, 0.25) is 0 Å². The van der Waals surface area contributed by atoms with Crippen LogP contribution in [0.5, 0.6) is 0 Å². The molecule has 0 spiro atoms. The van der Waals surface area contributed by atoms with E-state index in [0.717, 1.165) is 0 Å². The molecule has 1 aliphatic heterocycles. The zero-order chi connectivity index (χ0) is 12.4. The molecule has 2 heterocycles. The first kappa shape index (κ1) is 11.6. The number of carbonyl (C=O) groups is 2. The highest BCUT2D eigenvalue weighted by Gasteiger charge is 2.36. The second-order valence-electron chi connectivity index (χ2n) is 4.03. The summed E-state index contributed by atoms with van der Waals surface area (Å²) < 4.78 is 1.74. The summed E-state index contributed by atoms with van der Waals surface area (Å²) in [5.74, 6) is -1.52. The van der Waals surface area contributed by atoms with Crippen LogP contribution in [0.15, 0.2) is 12.5 Å². The number of amides is 1. The Morgan fingerprint density at radius 1 is 1.53 bits per heavy atom. The fourth-order valence-corrected chi connectivity index (χ4v) is 1.70. The topological polar surface area (TPSA) is 101 Å². The number of carboxylic acids is 1. The lowest BCUT2D eigenvalue weighted by Crippen LogP contribution is -2.53. The Hall–Kier alpha value is -1.89. The van der Waals surface area contributed by atoms with Gasteiger partial charge in [-0.15, -0.1) is 0 Å². The van der Waals surface area contributed by atoms with Crippen LogP contribution in [0.2, 0.25) is 0 Å². The second-order valence-corrected chi connectivity index (χ2v) is 4.03. The zero-order valence-electron chi connectivity index (χ0n) is 9.24. The second kappa shape index (κ2) is 4.54. The van der Waals surface area contributed by atoms with Crippen LogP contribution in [0, 0.1) is 5.92 Å². The van der Waals surface area contributed by atoms with Crippen LogP contribution < -0.4 is 5.73 Å². The Morgan fingerprint density at radius 2 is 2.24 bits per heavy atom. The first-order chi connectivity index (χ1) is 8.11. The standard InChI is InChI=1S/C10H14N4O3/c11-1-2-13-5-8(12-6-13)9(15)14-3-7(4-14)10(16)17/h5-7H,1-4,11H2,(H,16,17). The van der Waals surface area contributed by atoms with E-state index in [1.54, 1.807) is 17.1 Å². The average molecular weight is 238 g/mol. The molecular formula is C10H14N4O3. The Morgan fingerprint density at radius 3 is 2.82 bits per heavy atom. The van der Waals surface area contributed by atoms with Gasteiger partial charge in [0.05, 0.1) is 12.2 Å². The molecule has 1 fully saturated rings. The van der Waals surface area contributed by atoms with Crippen molar-refractivity contribution in [2.45, 2.75) is 6.54 Å². The maximum absolute atomic E-state index is 11.8. The molecule has 3 N–H and O–H groups in total. The van der Waals surface area contributed by atoms with Crippen LogP contribution in [-0.2, 0) is 11.3 Å². The first-order valence-electron chi connectivity index (χ1n) is 5.35. The van der Waals surface area contributed by atoms with Gasteiger partial charge in [-0.25, -0.2) is 4.98 Å². The predicted molar refractivity (Wildman–Crippen MR) is 58.3 cm³/mol. The molecule has 7 heteroatoms. The third-order valence-electron chi connectivity index (χ3n) is 2.76. The lowest BCUT2D eigenvalue weighted by molar-refractivity contribution is -0.146. The van der Waals surface area contributed by atoms with Gasteiger partial charge < -0.3 is 20.3 Å². The summed E-state index contributed by atoms with van der Waals surface area (Å²) in [5.41, 5.74) is 5.72. The predicted octanol–water partition coefficient (Wildman–Crippen LogP) is -1.00. The van der Waals surface area contributed by atoms with Gasteiger partial charge in [-0.2, -0.15) is 0 Å². The maximum Gasteiger partial charge on any atom is 0.310 e. The number of hydrogen-bond donors (Lipinski definition) is 2. The highest BCUT2D eigenvalue weighted by molar-refractivity contribution is 5.93. The van der Waals surface area contributed by atoms with Gasteiger partial charge in [-0.05, 0) is 0 Å². The van der Waals surface area contributed by atoms with Crippen molar-refractivity contribution in [3.05, 3.63) is 18.2 Å². The summed E-state index contributed by atoms with van der Waals surface area (Å²) in [6, 6.07) is 0. The number of aliphatic carboxylic acids is 1. The summed E-state index contributed by atoms with van der Waals surface area (Å²) in [6.07, 6.45) is 3.18. The van der Waals surface area contributed by atoms with Crippen LogP contribution in [-0.4, -0.2) is 51.1 Å². The summed E-state index contributed by atoms with van der Waals surface area (Å²) in [4.78, 5) is 27.9. The third kappa shape index (κ3) is 2.28. The summed E-state index contributed by atoms with van der Waals surface area (Å²) >= 11 is 0. The molecule has 2 rings (SSSR count). The molecule has 1 amide bonds. The van der Waals surface area contributed by atoms with Gasteiger partial charge in [-0.3, -0.25) is 9.59 Å². The SMILES string of the molecule is NCCn1cnc(C(=O)N2CC(C(=O)O)C2)c1. The van der Waals surface area contributed by atoms with E-state index in [2.05, 4.69) is 4.98 Å². The maximum atomic E-state index is 11.8. The number of carboxylic acid groups (broad SMARTS) is 1. The van der Waals surface area contributed by atoms with Gasteiger partial charge in [0, 0.05) is 32.4 Å². The number of nitrogens with two attached hydrogens (primary N) is 1. The van der Waals surface area contributed by atoms with Crippen molar-refractivity contribution in [2.24, 2.45) is 11.7 Å². The van der Waals surface area contributed by atoms with E-state index in [1.165, 1.54) is 4.90 Å². The van der Waals surface area contributed by atoms with Gasteiger partial charge in [0.1, 0.15) is 5.69 Å². The molecule has 92 valence electrons. The van der Waals surface area contributed by atoms with E-state index in [1.807, 2.05) is 0 Å². The minimum Gasteiger partial charge on any atom is -0.481 e. The molecule has 0 radical (unpaired) electrons. The summed E-state index contributed by atoms with van der Waals surface area (Å²) in [7, 11) is 0. The van der Waals surface area contributed by atoms with Crippen molar-refractivity contribution < 1.29 is 14.7 Å². The minimum absolute atomic E-state index is 0.224. The molecule has 1 aromatic rings. The van der Waals surface area contributed by atoms with E-state index in [4.69, 9.17) is 10.8 Å². The average Bonchev–Trinajstić information content (AvgIpc) is 2.63. The van der Waals surface area contributed by atoms with Crippen LogP contribution in [0.25, 0.3) is 0 Å². The van der Waals surface area contributed by atoms with Gasteiger partial charge in [0.15, 0.2) is 0 Å². The number of rotatable bonds is 4. The van der Waals surface area contributed by atoms with Gasteiger partial charge in [-0.1, -0.05) is 0 Å². The molecular weight excluding hydrogens is 224 g/mol. The number of aromatic nitrogens is 2. The molecule has 1 aromatic heterocycles. The molecule has 0 bridgehead atoms. The molecule has 1 saturated heterocycles. The van der Waals surface area contributed by atoms with E-state index in [-0.39, 0.29) is 19.0 Å². The molecule has 0 saturated carbocycles. The summed E-state index contributed by atoms with van der Waals surface area (Å²) in [5, 5.41) is 8.71. The lowest BCUT2D eigenvalue weighted by atomic mass is 10.0. The minimum atomic E-state index is -0.859. The smallest absolute Gasteiger partial charge is 0.310 e. The van der Waals surface area contributed by atoms with Crippen molar-refractivity contribution in [3.8, 4) is 0 Å². The molecule has 0 unspecified atom stereocenters. The number of nitrogens with zero attached hydrogens (tertiary/aromatic N) is 3. The number of likely N-dealkylation sites (tertiary alicyclic amines) is 1. The van der Waals surface area contributed by atoms with Crippen LogP contribution in [0.1, 0.15) is 10.5 Å². The largest absolute Gasteiger partial charge is 0.481 e. The number of hydrogen-bond acceptors (Lipinski definition) is 4. The van der Waals surface area contributed by atoms with Crippen LogP contribution >= 0.6 is 0 Å². The zero-order valence-corrected chi connectivity index (χ0v) is 9.24. The molecule has 0 aliphatic carbocycles. The van der Waals surface area contributed by atoms with Crippen LogP contribution in [0.3, 0.4) is 0 Å². The molecule has 1 aliphatic rings. The van der Waals surface area contributed by atoms with Crippen LogP contribution in [0.4, 0.5) is 0 Å². The highest BCUT2D eigenvalue weighted by atomic mass is 16.4. The van der Waals surface area contributed by atoms with Gasteiger partial charge in [0.25, 0.3) is 5.91 Å². The fraction of sp³-hybridized carbons (Fsp3) is 0.500. The normalized spacial score (nSPS) is 15.7. The number of carbonyl (C=O) groups excluding carboxylic acids is 1. The Labute approximate surface area is 97.8 Å². The van der Waals surface area contributed by atoms with Gasteiger partial charge >= 0.3 is 5.97 Å².